The maximum absolute atomic E-state index is 12.1. The first-order valence-electron chi connectivity index (χ1n) is 8.71. The van der Waals surface area contributed by atoms with E-state index < -0.39 is 0 Å². The minimum atomic E-state index is -0.370. The van der Waals surface area contributed by atoms with Crippen LogP contribution in [-0.2, 0) is 33.6 Å². The van der Waals surface area contributed by atoms with Crippen LogP contribution in [0.1, 0.15) is 29.5 Å². The van der Waals surface area contributed by atoms with Gasteiger partial charge in [0.25, 0.3) is 5.91 Å². The molecule has 25 heavy (non-hydrogen) atoms. The van der Waals surface area contributed by atoms with Gasteiger partial charge < -0.3 is 9.64 Å². The molecule has 0 atom stereocenters. The lowest BCUT2D eigenvalue weighted by molar-refractivity contribution is -0.147. The lowest BCUT2D eigenvalue weighted by Gasteiger charge is -2.17. The van der Waals surface area contributed by atoms with E-state index in [1.54, 1.807) is 7.05 Å². The Labute approximate surface area is 148 Å². The first-order chi connectivity index (χ1) is 12.1. The van der Waals surface area contributed by atoms with Crippen LogP contribution in [0.5, 0.6) is 0 Å². The molecule has 2 aromatic rings. The van der Waals surface area contributed by atoms with Crippen LogP contribution in [0.15, 0.2) is 48.5 Å². The van der Waals surface area contributed by atoms with Gasteiger partial charge in [-0.25, -0.2) is 0 Å². The Morgan fingerprint density at radius 3 is 2.48 bits per heavy atom. The molecule has 0 unspecified atom stereocenters. The smallest absolute Gasteiger partial charge is 0.310 e. The maximum Gasteiger partial charge on any atom is 0.310 e. The summed E-state index contributed by atoms with van der Waals surface area (Å²) in [6, 6.07) is 15.5. The van der Waals surface area contributed by atoms with Gasteiger partial charge in [0.1, 0.15) is 0 Å². The molecule has 0 aromatic heterocycles. The van der Waals surface area contributed by atoms with Gasteiger partial charge in [0.15, 0.2) is 6.61 Å². The number of amides is 1. The molecule has 0 fully saturated rings. The maximum atomic E-state index is 12.1. The molecule has 4 nitrogen and oxygen atoms in total. The molecule has 130 valence electrons. The second-order valence-electron chi connectivity index (χ2n) is 6.44. The molecular weight excluding hydrogens is 314 g/mol. The van der Waals surface area contributed by atoms with Crippen molar-refractivity contribution in [2.75, 3.05) is 18.6 Å². The molecule has 3 rings (SSSR count). The topological polar surface area (TPSA) is 46.6 Å². The fraction of sp³-hybridized carbons (Fsp3) is 0.333. The third-order valence-corrected chi connectivity index (χ3v) is 4.64. The van der Waals surface area contributed by atoms with Crippen LogP contribution >= 0.6 is 0 Å². The number of aryl methyl sites for hydroxylation is 2. The van der Waals surface area contributed by atoms with Crippen LogP contribution in [-0.4, -0.2) is 25.5 Å². The Balaban J connectivity index is 1.52. The quantitative estimate of drug-likeness (QED) is 0.787. The van der Waals surface area contributed by atoms with E-state index in [0.717, 1.165) is 24.1 Å². The van der Waals surface area contributed by atoms with E-state index in [2.05, 4.69) is 12.1 Å². The van der Waals surface area contributed by atoms with E-state index in [1.807, 2.05) is 36.4 Å². The average molecular weight is 337 g/mol. The van der Waals surface area contributed by atoms with Crippen LogP contribution in [0.25, 0.3) is 0 Å². The second-order valence-corrected chi connectivity index (χ2v) is 6.44. The Hall–Kier alpha value is -2.62. The first-order valence-corrected chi connectivity index (χ1v) is 8.71. The van der Waals surface area contributed by atoms with E-state index in [9.17, 15) is 9.59 Å². The summed E-state index contributed by atoms with van der Waals surface area (Å²) in [5.74, 6) is -0.615. The SMILES string of the molecule is CN(C(=O)COC(=O)Cc1ccc2c(c1)CCCC2)c1ccccc1. The van der Waals surface area contributed by atoms with E-state index in [0.29, 0.717) is 0 Å². The van der Waals surface area contributed by atoms with E-state index in [-0.39, 0.29) is 24.9 Å². The number of fused-ring (bicyclic) bond motifs is 1. The zero-order valence-electron chi connectivity index (χ0n) is 14.5. The summed E-state index contributed by atoms with van der Waals surface area (Å²) in [4.78, 5) is 25.7. The predicted octanol–water partition coefficient (Wildman–Crippen LogP) is 3.31. The summed E-state index contributed by atoms with van der Waals surface area (Å²) in [6.07, 6.45) is 4.86. The average Bonchev–Trinajstić information content (AvgIpc) is 2.66. The van der Waals surface area contributed by atoms with Crippen molar-refractivity contribution in [3.8, 4) is 0 Å². The summed E-state index contributed by atoms with van der Waals surface area (Å²) in [7, 11) is 1.68. The highest BCUT2D eigenvalue weighted by atomic mass is 16.5. The highest BCUT2D eigenvalue weighted by molar-refractivity contribution is 5.94. The molecule has 0 bridgehead atoms. The highest BCUT2D eigenvalue weighted by Crippen LogP contribution is 2.22. The van der Waals surface area contributed by atoms with Crippen LogP contribution in [0.3, 0.4) is 0 Å². The zero-order chi connectivity index (χ0) is 17.6. The van der Waals surface area contributed by atoms with Gasteiger partial charge in [-0.15, -0.1) is 0 Å². The number of carbonyl (C=O) groups excluding carboxylic acids is 2. The van der Waals surface area contributed by atoms with Crippen molar-refractivity contribution in [1.82, 2.24) is 0 Å². The monoisotopic (exact) mass is 337 g/mol. The number of para-hydroxylation sites is 1. The fourth-order valence-corrected chi connectivity index (χ4v) is 3.15. The number of ether oxygens (including phenoxy) is 1. The van der Waals surface area contributed by atoms with Gasteiger partial charge in [0.2, 0.25) is 0 Å². The number of likely N-dealkylation sites (N-methyl/N-ethyl adjacent to an activating group) is 1. The van der Waals surface area contributed by atoms with Crippen molar-refractivity contribution in [2.24, 2.45) is 0 Å². The number of esters is 1. The van der Waals surface area contributed by atoms with Gasteiger partial charge in [0, 0.05) is 12.7 Å². The van der Waals surface area contributed by atoms with E-state index >= 15 is 0 Å². The molecule has 1 amide bonds. The van der Waals surface area contributed by atoms with E-state index in [4.69, 9.17) is 4.74 Å². The Bertz CT molecular complexity index is 755. The lowest BCUT2D eigenvalue weighted by atomic mass is 9.90. The molecule has 1 aliphatic rings. The lowest BCUT2D eigenvalue weighted by Crippen LogP contribution is -2.31. The summed E-state index contributed by atoms with van der Waals surface area (Å²) in [6.45, 7) is -0.241. The molecule has 0 saturated carbocycles. The van der Waals surface area contributed by atoms with Crippen molar-refractivity contribution >= 4 is 17.6 Å². The zero-order valence-corrected chi connectivity index (χ0v) is 14.5. The molecule has 1 aliphatic carbocycles. The predicted molar refractivity (Wildman–Crippen MR) is 97.6 cm³/mol. The van der Waals surface area contributed by atoms with Gasteiger partial charge >= 0.3 is 5.97 Å². The number of anilines is 1. The van der Waals surface area contributed by atoms with Crippen molar-refractivity contribution in [1.29, 1.82) is 0 Å². The summed E-state index contributed by atoms with van der Waals surface area (Å²) >= 11 is 0. The molecule has 0 aliphatic heterocycles. The Kier molecular flexibility index (Phi) is 5.49. The second kappa shape index (κ2) is 7.97. The summed E-state index contributed by atoms with van der Waals surface area (Å²) in [5, 5.41) is 0. The first kappa shape index (κ1) is 17.2. The van der Waals surface area contributed by atoms with Crippen LogP contribution < -0.4 is 4.90 Å². The van der Waals surface area contributed by atoms with Crippen LogP contribution in [0, 0.1) is 0 Å². The largest absolute Gasteiger partial charge is 0.455 e. The Morgan fingerprint density at radius 2 is 1.72 bits per heavy atom. The fourth-order valence-electron chi connectivity index (χ4n) is 3.15. The minimum absolute atomic E-state index is 0.204. The van der Waals surface area contributed by atoms with Gasteiger partial charge in [-0.2, -0.15) is 0 Å². The molecule has 0 heterocycles. The van der Waals surface area contributed by atoms with Crippen molar-refractivity contribution in [3.05, 3.63) is 65.2 Å². The number of benzene rings is 2. The number of carbonyl (C=O) groups is 2. The molecule has 4 heteroatoms. The summed E-state index contributed by atoms with van der Waals surface area (Å²) in [5.41, 5.74) is 4.47. The third-order valence-electron chi connectivity index (χ3n) is 4.64. The number of nitrogens with zero attached hydrogens (tertiary/aromatic N) is 1. The van der Waals surface area contributed by atoms with Crippen molar-refractivity contribution in [3.63, 3.8) is 0 Å². The van der Waals surface area contributed by atoms with Gasteiger partial charge in [-0.3, -0.25) is 9.59 Å². The summed E-state index contributed by atoms with van der Waals surface area (Å²) < 4.78 is 5.16. The Morgan fingerprint density at radius 1 is 1.00 bits per heavy atom. The highest BCUT2D eigenvalue weighted by Gasteiger charge is 2.15. The third kappa shape index (κ3) is 4.47. The van der Waals surface area contributed by atoms with Crippen molar-refractivity contribution in [2.45, 2.75) is 32.1 Å². The van der Waals surface area contributed by atoms with Crippen molar-refractivity contribution < 1.29 is 14.3 Å². The van der Waals surface area contributed by atoms with Gasteiger partial charge in [-0.1, -0.05) is 36.4 Å². The molecule has 0 spiro atoms. The van der Waals surface area contributed by atoms with Crippen LogP contribution in [0.2, 0.25) is 0 Å². The molecule has 0 radical (unpaired) electrons. The van der Waals surface area contributed by atoms with E-state index in [1.165, 1.54) is 28.9 Å². The molecule has 0 N–H and O–H groups in total. The van der Waals surface area contributed by atoms with Gasteiger partial charge in [0.05, 0.1) is 6.42 Å². The number of hydrogen-bond acceptors (Lipinski definition) is 3. The molecule has 2 aromatic carbocycles. The van der Waals surface area contributed by atoms with Gasteiger partial charge in [-0.05, 0) is 54.5 Å². The number of rotatable bonds is 5. The normalized spacial score (nSPS) is 13.0. The molecular formula is C21H23NO3. The molecule has 0 saturated heterocycles. The number of hydrogen-bond donors (Lipinski definition) is 0. The van der Waals surface area contributed by atoms with Crippen LogP contribution in [0.4, 0.5) is 5.69 Å². The standard InChI is InChI=1S/C21H23NO3/c1-22(19-9-3-2-4-10-19)20(23)15-25-21(24)14-16-11-12-17-7-5-6-8-18(17)13-16/h2-4,9-13H,5-8,14-15H2,1H3. The minimum Gasteiger partial charge on any atom is -0.455 e.